The molecular formula is C28H28Cl2N6O4. The Morgan fingerprint density at radius 3 is 2.70 bits per heavy atom. The summed E-state index contributed by atoms with van der Waals surface area (Å²) in [5.74, 6) is 0.559. The Balaban J connectivity index is 1.52. The summed E-state index contributed by atoms with van der Waals surface area (Å²) < 4.78 is 11.5. The highest BCUT2D eigenvalue weighted by Gasteiger charge is 2.45. The molecule has 1 amide bonds. The summed E-state index contributed by atoms with van der Waals surface area (Å²) in [7, 11) is 0. The van der Waals surface area contributed by atoms with Gasteiger partial charge < -0.3 is 14.6 Å². The molecule has 0 radical (unpaired) electrons. The lowest BCUT2D eigenvalue weighted by Crippen LogP contribution is -2.53. The Kier molecular flexibility index (Phi) is 10.2. The number of benzene rings is 3. The average molecular weight is 583 g/mol. The molecule has 0 saturated heterocycles. The third-order valence-corrected chi connectivity index (χ3v) is 6.81. The Hall–Kier alpha value is -3.79. The van der Waals surface area contributed by atoms with Crippen molar-refractivity contribution in [1.82, 2.24) is 10.9 Å². The summed E-state index contributed by atoms with van der Waals surface area (Å²) in [5.41, 5.74) is 16.0. The maximum absolute atomic E-state index is 13.6. The summed E-state index contributed by atoms with van der Waals surface area (Å²) in [5, 5.41) is 13.8. The van der Waals surface area contributed by atoms with Gasteiger partial charge in [0.15, 0.2) is 5.54 Å². The predicted octanol–water partition coefficient (Wildman–Crippen LogP) is 5.32. The normalized spacial score (nSPS) is 16.0. The van der Waals surface area contributed by atoms with Crippen LogP contribution < -0.4 is 15.6 Å². The monoisotopic (exact) mass is 582 g/mol. The van der Waals surface area contributed by atoms with Gasteiger partial charge in [0, 0.05) is 52.2 Å². The van der Waals surface area contributed by atoms with Crippen LogP contribution in [-0.4, -0.2) is 48.8 Å². The molecular weight excluding hydrogens is 555 g/mol. The zero-order valence-electron chi connectivity index (χ0n) is 21.5. The van der Waals surface area contributed by atoms with E-state index in [2.05, 4.69) is 20.9 Å². The van der Waals surface area contributed by atoms with Gasteiger partial charge in [-0.1, -0.05) is 58.6 Å². The van der Waals surface area contributed by atoms with Crippen LogP contribution in [0.3, 0.4) is 0 Å². The van der Waals surface area contributed by atoms with Crippen molar-refractivity contribution in [3.63, 3.8) is 0 Å². The molecule has 3 aromatic carbocycles. The van der Waals surface area contributed by atoms with Crippen LogP contribution in [0.15, 0.2) is 76.8 Å². The highest BCUT2D eigenvalue weighted by atomic mass is 35.5. The molecule has 0 unspecified atom stereocenters. The number of hydrogen-bond donors (Lipinski definition) is 3. The van der Waals surface area contributed by atoms with Crippen molar-refractivity contribution in [2.45, 2.75) is 24.8 Å². The molecule has 208 valence electrons. The topological polar surface area (TPSA) is 141 Å². The second-order valence-electron chi connectivity index (χ2n) is 9.05. The molecule has 1 atom stereocenters. The van der Waals surface area contributed by atoms with Gasteiger partial charge in [-0.2, -0.15) is 0 Å². The molecule has 0 aromatic heterocycles. The average Bonchev–Trinajstić information content (AvgIpc) is 3.39. The quantitative estimate of drug-likeness (QED) is 0.0822. The lowest BCUT2D eigenvalue weighted by atomic mass is 9.91. The fourth-order valence-corrected chi connectivity index (χ4v) is 4.63. The summed E-state index contributed by atoms with van der Waals surface area (Å²) in [6, 6.07) is 19.5. The number of nitrogens with one attached hydrogen (secondary N) is 2. The first-order valence-corrected chi connectivity index (χ1v) is 13.4. The fourth-order valence-electron chi connectivity index (χ4n) is 4.13. The third kappa shape index (κ3) is 7.44. The number of hydrazine groups is 1. The first-order valence-electron chi connectivity index (χ1n) is 12.6. The maximum atomic E-state index is 13.6. The zero-order valence-corrected chi connectivity index (χ0v) is 23.0. The number of aliphatic hydroxyl groups is 1. The van der Waals surface area contributed by atoms with Crippen LogP contribution in [0.1, 0.15) is 23.1 Å². The maximum Gasteiger partial charge on any atom is 0.266 e. The highest BCUT2D eigenvalue weighted by molar-refractivity contribution is 6.35. The second kappa shape index (κ2) is 14.0. The smallest absolute Gasteiger partial charge is 0.266 e. The van der Waals surface area contributed by atoms with Gasteiger partial charge in [0.2, 0.25) is 5.90 Å². The first kappa shape index (κ1) is 29.2. The van der Waals surface area contributed by atoms with E-state index in [-0.39, 0.29) is 19.6 Å². The van der Waals surface area contributed by atoms with E-state index in [4.69, 9.17) is 48.3 Å². The first-order chi connectivity index (χ1) is 19.4. The van der Waals surface area contributed by atoms with Crippen molar-refractivity contribution in [1.29, 1.82) is 0 Å². The number of amides is 1. The van der Waals surface area contributed by atoms with E-state index in [1.54, 1.807) is 60.7 Å². The van der Waals surface area contributed by atoms with E-state index in [1.807, 2.05) is 6.07 Å². The van der Waals surface area contributed by atoms with Gasteiger partial charge in [-0.3, -0.25) is 10.2 Å². The summed E-state index contributed by atoms with van der Waals surface area (Å²) >= 11 is 12.2. The van der Waals surface area contributed by atoms with Crippen LogP contribution in [0.2, 0.25) is 10.0 Å². The number of carbonyl (C=O) groups excluding carboxylic acids is 1. The van der Waals surface area contributed by atoms with Gasteiger partial charge in [-0.25, -0.2) is 10.4 Å². The Labute approximate surface area is 241 Å². The minimum absolute atomic E-state index is 0.0157. The molecule has 0 bridgehead atoms. The highest BCUT2D eigenvalue weighted by Crippen LogP contribution is 2.31. The molecule has 0 aliphatic carbocycles. The number of nitrogens with zero attached hydrogens (tertiary/aromatic N) is 4. The van der Waals surface area contributed by atoms with Crippen molar-refractivity contribution < 1.29 is 19.4 Å². The standard InChI is InChI=1S/C28H28Cl2N6O4/c29-22-9-6-19(24(30)16-22)12-13-32-35-27(38)28(17-21-4-1-2-5-25(21)34-36-31)18-40-26(33-28)20-7-10-23(11-8-20)39-15-3-14-37/h1-2,4-11,16,32,37H,3,12-15,17-18H2,(H,35,38)/t28-/m0/s1. The summed E-state index contributed by atoms with van der Waals surface area (Å²) in [6.07, 6.45) is 1.23. The molecule has 0 saturated carbocycles. The minimum Gasteiger partial charge on any atom is -0.494 e. The number of azide groups is 1. The van der Waals surface area contributed by atoms with Gasteiger partial charge in [0.05, 0.1) is 6.61 Å². The molecule has 3 aromatic rings. The van der Waals surface area contributed by atoms with E-state index in [0.717, 1.165) is 5.56 Å². The molecule has 10 nitrogen and oxygen atoms in total. The molecule has 1 aliphatic heterocycles. The molecule has 12 heteroatoms. The number of aliphatic imine (C=N–C) groups is 1. The number of aliphatic hydroxyl groups excluding tert-OH is 1. The van der Waals surface area contributed by atoms with Crippen LogP contribution in [0.4, 0.5) is 5.69 Å². The summed E-state index contributed by atoms with van der Waals surface area (Å²) in [6.45, 7) is 0.851. The van der Waals surface area contributed by atoms with Gasteiger partial charge in [-0.15, -0.1) is 0 Å². The fraction of sp³-hybridized carbons (Fsp3) is 0.286. The van der Waals surface area contributed by atoms with Crippen LogP contribution in [0.5, 0.6) is 5.75 Å². The lowest BCUT2D eigenvalue weighted by Gasteiger charge is -2.24. The van der Waals surface area contributed by atoms with E-state index >= 15 is 0 Å². The van der Waals surface area contributed by atoms with Crippen LogP contribution in [0, 0.1) is 0 Å². The number of ether oxygens (including phenoxy) is 2. The van der Waals surface area contributed by atoms with E-state index < -0.39 is 11.4 Å². The van der Waals surface area contributed by atoms with Crippen LogP contribution in [0.25, 0.3) is 10.4 Å². The zero-order chi connectivity index (χ0) is 28.4. The van der Waals surface area contributed by atoms with Gasteiger partial charge in [0.1, 0.15) is 12.4 Å². The molecule has 3 N–H and O–H groups in total. The number of carbonyl (C=O) groups is 1. The van der Waals surface area contributed by atoms with Crippen molar-refractivity contribution in [2.75, 3.05) is 26.4 Å². The van der Waals surface area contributed by atoms with Crippen LogP contribution >= 0.6 is 23.2 Å². The molecule has 0 spiro atoms. The third-order valence-electron chi connectivity index (χ3n) is 6.22. The molecule has 1 aliphatic rings. The molecule has 40 heavy (non-hydrogen) atoms. The largest absolute Gasteiger partial charge is 0.494 e. The number of rotatable bonds is 13. The second-order valence-corrected chi connectivity index (χ2v) is 9.89. The SMILES string of the molecule is [N-]=[N+]=Nc1ccccc1C[C@@]1(C(=O)NNCCc2ccc(Cl)cc2Cl)COC(c2ccc(OCCCO)cc2)=N1. The van der Waals surface area contributed by atoms with Gasteiger partial charge >= 0.3 is 0 Å². The summed E-state index contributed by atoms with van der Waals surface area (Å²) in [4.78, 5) is 21.3. The van der Waals surface area contributed by atoms with Crippen molar-refractivity contribution in [3.8, 4) is 5.75 Å². The minimum atomic E-state index is -1.32. The van der Waals surface area contributed by atoms with Gasteiger partial charge in [-0.05, 0) is 59.5 Å². The lowest BCUT2D eigenvalue weighted by molar-refractivity contribution is -0.127. The number of hydrogen-bond acceptors (Lipinski definition) is 7. The van der Waals surface area contributed by atoms with Crippen LogP contribution in [-0.2, 0) is 22.4 Å². The Morgan fingerprint density at radius 1 is 1.15 bits per heavy atom. The molecule has 4 rings (SSSR count). The van der Waals surface area contributed by atoms with Crippen molar-refractivity contribution in [2.24, 2.45) is 10.1 Å². The Bertz CT molecular complexity index is 1410. The van der Waals surface area contributed by atoms with E-state index in [1.165, 1.54) is 0 Å². The van der Waals surface area contributed by atoms with Gasteiger partial charge in [0.25, 0.3) is 5.91 Å². The van der Waals surface area contributed by atoms with Crippen molar-refractivity contribution >= 4 is 40.7 Å². The Morgan fingerprint density at radius 2 is 1.95 bits per heavy atom. The number of halogens is 2. The van der Waals surface area contributed by atoms with Crippen molar-refractivity contribution in [3.05, 3.63) is 104 Å². The van der Waals surface area contributed by atoms with E-state index in [9.17, 15) is 4.79 Å². The molecule has 0 fully saturated rings. The predicted molar refractivity (Wildman–Crippen MR) is 154 cm³/mol. The molecule has 1 heterocycles. The van der Waals surface area contributed by atoms with E-state index in [0.29, 0.717) is 64.5 Å².